The molecule has 3 aromatic carbocycles. The minimum absolute atomic E-state index is 0.0936. The number of para-hydroxylation sites is 1. The first kappa shape index (κ1) is 20.4. The van der Waals surface area contributed by atoms with Crippen molar-refractivity contribution >= 4 is 34.4 Å². The van der Waals surface area contributed by atoms with Crippen molar-refractivity contribution in [2.24, 2.45) is 0 Å². The van der Waals surface area contributed by atoms with Gasteiger partial charge in [-0.15, -0.1) is 0 Å². The predicted octanol–water partition coefficient (Wildman–Crippen LogP) is 4.66. The Bertz CT molecular complexity index is 1130. The maximum atomic E-state index is 12.7. The van der Waals surface area contributed by atoms with Crippen LogP contribution in [0.5, 0.6) is 0 Å². The van der Waals surface area contributed by atoms with Crippen molar-refractivity contribution in [3.8, 4) is 6.07 Å². The molecule has 0 atom stereocenters. The zero-order valence-corrected chi connectivity index (χ0v) is 16.4. The number of carbonyl (C=O) groups excluding carboxylic acids is 2. The molecule has 0 saturated heterocycles. The van der Waals surface area contributed by atoms with Crippen LogP contribution in [-0.2, 0) is 4.79 Å². The molecule has 0 aliphatic heterocycles. The molecule has 0 saturated carbocycles. The van der Waals surface area contributed by atoms with Crippen LogP contribution in [0.2, 0.25) is 0 Å². The molecule has 0 aromatic heterocycles. The summed E-state index contributed by atoms with van der Waals surface area (Å²) in [4.78, 5) is 26.0. The van der Waals surface area contributed by atoms with E-state index in [1.165, 1.54) is 13.1 Å². The first-order valence-corrected chi connectivity index (χ1v) is 9.22. The molecule has 3 aromatic rings. The standard InChI is InChI=1S/C24H20N4O2/c1-17(29)18-6-5-7-21(14-18)27-24(30)19(15-25)16-28(22-8-3-2-4-9-22)23-12-10-20(26)11-13-23/h2-14,16H,26H2,1H3,(H,27,30)/b19-16-. The highest BCUT2D eigenvalue weighted by Gasteiger charge is 2.15. The van der Waals surface area contributed by atoms with Gasteiger partial charge in [0.2, 0.25) is 0 Å². The molecular weight excluding hydrogens is 376 g/mol. The molecule has 1 amide bonds. The van der Waals surface area contributed by atoms with Crippen LogP contribution >= 0.6 is 0 Å². The van der Waals surface area contributed by atoms with Crippen LogP contribution in [0.1, 0.15) is 17.3 Å². The van der Waals surface area contributed by atoms with E-state index in [0.717, 1.165) is 11.4 Å². The summed E-state index contributed by atoms with van der Waals surface area (Å²) in [5.41, 5.74) is 8.74. The molecule has 0 radical (unpaired) electrons. The second-order valence-electron chi connectivity index (χ2n) is 6.54. The highest BCUT2D eigenvalue weighted by Crippen LogP contribution is 2.27. The van der Waals surface area contributed by atoms with E-state index < -0.39 is 5.91 Å². The number of rotatable bonds is 6. The summed E-state index contributed by atoms with van der Waals surface area (Å²) in [5.74, 6) is -0.685. The zero-order chi connectivity index (χ0) is 21.5. The van der Waals surface area contributed by atoms with E-state index in [-0.39, 0.29) is 11.4 Å². The predicted molar refractivity (Wildman–Crippen MR) is 118 cm³/mol. The Kier molecular flexibility index (Phi) is 6.26. The molecular formula is C24H20N4O2. The molecule has 3 rings (SSSR count). The van der Waals surface area contributed by atoms with Crippen molar-refractivity contribution in [1.82, 2.24) is 0 Å². The molecule has 30 heavy (non-hydrogen) atoms. The Morgan fingerprint density at radius 1 is 0.967 bits per heavy atom. The number of nitrogens with two attached hydrogens (primary N) is 1. The summed E-state index contributed by atoms with van der Waals surface area (Å²) in [7, 11) is 0. The second-order valence-corrected chi connectivity index (χ2v) is 6.54. The summed E-state index contributed by atoms with van der Waals surface area (Å²) >= 11 is 0. The Balaban J connectivity index is 1.95. The Hall–Kier alpha value is -4.37. The van der Waals surface area contributed by atoms with Crippen molar-refractivity contribution in [2.45, 2.75) is 6.92 Å². The number of Topliss-reactive ketones (excluding diaryl/α,β-unsaturated/α-hetero) is 1. The fourth-order valence-corrected chi connectivity index (χ4v) is 2.80. The van der Waals surface area contributed by atoms with Gasteiger partial charge in [-0.05, 0) is 55.5 Å². The van der Waals surface area contributed by atoms with E-state index in [1.807, 2.05) is 48.5 Å². The largest absolute Gasteiger partial charge is 0.399 e. The summed E-state index contributed by atoms with van der Waals surface area (Å²) in [6, 6.07) is 25.0. The minimum Gasteiger partial charge on any atom is -0.399 e. The van der Waals surface area contributed by atoms with Crippen LogP contribution in [0.25, 0.3) is 0 Å². The number of ketones is 1. The second kappa shape index (κ2) is 9.22. The Morgan fingerprint density at radius 2 is 1.63 bits per heavy atom. The fraction of sp³-hybridized carbons (Fsp3) is 0.0417. The third-order valence-electron chi connectivity index (χ3n) is 4.36. The molecule has 0 spiro atoms. The summed E-state index contributed by atoms with van der Waals surface area (Å²) in [6.45, 7) is 1.45. The number of nitriles is 1. The summed E-state index contributed by atoms with van der Waals surface area (Å²) in [5, 5.41) is 12.3. The number of hydrogen-bond acceptors (Lipinski definition) is 5. The molecule has 148 valence electrons. The SMILES string of the molecule is CC(=O)c1cccc(NC(=O)/C(C#N)=C\N(c2ccccc2)c2ccc(N)cc2)c1. The van der Waals surface area contributed by atoms with Crippen LogP contribution in [0.3, 0.4) is 0 Å². The van der Waals surface area contributed by atoms with Crippen LogP contribution in [0, 0.1) is 11.3 Å². The fourth-order valence-electron chi connectivity index (χ4n) is 2.80. The molecule has 0 aliphatic rings. The lowest BCUT2D eigenvalue weighted by atomic mass is 10.1. The number of carbonyl (C=O) groups is 2. The van der Waals surface area contributed by atoms with E-state index in [0.29, 0.717) is 16.9 Å². The quantitative estimate of drug-likeness (QED) is 0.273. The van der Waals surface area contributed by atoms with Crippen molar-refractivity contribution in [3.63, 3.8) is 0 Å². The van der Waals surface area contributed by atoms with Crippen molar-refractivity contribution in [1.29, 1.82) is 5.26 Å². The highest BCUT2D eigenvalue weighted by atomic mass is 16.1. The van der Waals surface area contributed by atoms with Gasteiger partial charge in [-0.1, -0.05) is 30.3 Å². The van der Waals surface area contributed by atoms with Crippen molar-refractivity contribution in [2.75, 3.05) is 16.0 Å². The normalized spacial score (nSPS) is 10.7. The molecule has 3 N–H and O–H groups in total. The maximum Gasteiger partial charge on any atom is 0.267 e. The number of benzene rings is 3. The van der Waals surface area contributed by atoms with Gasteiger partial charge in [-0.3, -0.25) is 9.59 Å². The summed E-state index contributed by atoms with van der Waals surface area (Å²) in [6.07, 6.45) is 1.48. The molecule has 0 unspecified atom stereocenters. The molecule has 0 heterocycles. The average Bonchev–Trinajstić information content (AvgIpc) is 2.76. The number of nitrogens with one attached hydrogen (secondary N) is 1. The molecule has 0 fully saturated rings. The number of nitrogen functional groups attached to an aromatic ring is 1. The summed E-state index contributed by atoms with van der Waals surface area (Å²) < 4.78 is 0. The lowest BCUT2D eigenvalue weighted by Crippen LogP contribution is -2.18. The lowest BCUT2D eigenvalue weighted by Gasteiger charge is -2.21. The average molecular weight is 396 g/mol. The van der Waals surface area contributed by atoms with Gasteiger partial charge in [-0.2, -0.15) is 5.26 Å². The van der Waals surface area contributed by atoms with Gasteiger partial charge in [0.05, 0.1) is 0 Å². The van der Waals surface area contributed by atoms with Gasteiger partial charge in [0.1, 0.15) is 11.6 Å². The molecule has 0 bridgehead atoms. The van der Waals surface area contributed by atoms with E-state index in [1.54, 1.807) is 41.3 Å². The van der Waals surface area contributed by atoms with Gasteiger partial charge in [0, 0.05) is 34.5 Å². The Labute approximate surface area is 174 Å². The number of anilines is 4. The van der Waals surface area contributed by atoms with Crippen molar-refractivity contribution in [3.05, 3.63) is 96.2 Å². The van der Waals surface area contributed by atoms with Gasteiger partial charge in [0.25, 0.3) is 5.91 Å². The van der Waals surface area contributed by atoms with Crippen LogP contribution in [-0.4, -0.2) is 11.7 Å². The first-order chi connectivity index (χ1) is 14.5. The topological polar surface area (TPSA) is 99.2 Å². The van der Waals surface area contributed by atoms with Crippen molar-refractivity contribution < 1.29 is 9.59 Å². The third kappa shape index (κ3) is 4.91. The minimum atomic E-state index is -0.574. The number of amides is 1. The monoisotopic (exact) mass is 396 g/mol. The number of hydrogen-bond donors (Lipinski definition) is 2. The maximum absolute atomic E-state index is 12.7. The van der Waals surface area contributed by atoms with Gasteiger partial charge >= 0.3 is 0 Å². The lowest BCUT2D eigenvalue weighted by molar-refractivity contribution is -0.112. The van der Waals surface area contributed by atoms with Crippen LogP contribution in [0.15, 0.2) is 90.6 Å². The molecule has 0 aliphatic carbocycles. The van der Waals surface area contributed by atoms with Crippen LogP contribution < -0.4 is 16.0 Å². The van der Waals surface area contributed by atoms with Gasteiger partial charge in [-0.25, -0.2) is 0 Å². The first-order valence-electron chi connectivity index (χ1n) is 9.22. The van der Waals surface area contributed by atoms with Gasteiger partial charge < -0.3 is 16.0 Å². The zero-order valence-electron chi connectivity index (χ0n) is 16.4. The smallest absolute Gasteiger partial charge is 0.267 e. The number of nitrogens with zero attached hydrogens (tertiary/aromatic N) is 2. The van der Waals surface area contributed by atoms with E-state index in [9.17, 15) is 14.9 Å². The van der Waals surface area contributed by atoms with E-state index >= 15 is 0 Å². The van der Waals surface area contributed by atoms with E-state index in [4.69, 9.17) is 5.73 Å². The molecule has 6 heteroatoms. The molecule has 6 nitrogen and oxygen atoms in total. The van der Waals surface area contributed by atoms with Gasteiger partial charge in [0.15, 0.2) is 5.78 Å². The third-order valence-corrected chi connectivity index (χ3v) is 4.36. The van der Waals surface area contributed by atoms with Crippen LogP contribution in [0.4, 0.5) is 22.7 Å². The van der Waals surface area contributed by atoms with E-state index in [2.05, 4.69) is 5.32 Å². The Morgan fingerprint density at radius 3 is 2.27 bits per heavy atom. The highest BCUT2D eigenvalue weighted by molar-refractivity contribution is 6.07.